The zero-order chi connectivity index (χ0) is 20.2. The van der Waals surface area contributed by atoms with Crippen LogP contribution in [0.2, 0.25) is 0 Å². The Balaban J connectivity index is 1.41. The lowest BCUT2D eigenvalue weighted by atomic mass is 10.1. The molecule has 1 amide bonds. The lowest BCUT2D eigenvalue weighted by molar-refractivity contribution is -0.130. The molecule has 0 saturated carbocycles. The maximum absolute atomic E-state index is 12.8. The van der Waals surface area contributed by atoms with E-state index < -0.39 is 0 Å². The maximum atomic E-state index is 12.8. The molecule has 150 valence electrons. The van der Waals surface area contributed by atoms with Gasteiger partial charge in [-0.2, -0.15) is 0 Å². The first-order chi connectivity index (χ1) is 14.1. The molecule has 1 aliphatic rings. The van der Waals surface area contributed by atoms with E-state index >= 15 is 0 Å². The number of nitrogens with zero attached hydrogens (tertiary/aromatic N) is 6. The largest absolute Gasteiger partial charge is 0.496 e. The van der Waals surface area contributed by atoms with Gasteiger partial charge in [-0.05, 0) is 13.0 Å². The molecule has 1 saturated heterocycles. The van der Waals surface area contributed by atoms with Gasteiger partial charge in [0.2, 0.25) is 5.91 Å². The minimum absolute atomic E-state index is 0.118. The molecule has 0 spiro atoms. The third-order valence-electron chi connectivity index (χ3n) is 5.07. The van der Waals surface area contributed by atoms with Gasteiger partial charge in [-0.1, -0.05) is 18.2 Å². The molecule has 2 aromatic heterocycles. The van der Waals surface area contributed by atoms with Gasteiger partial charge in [0, 0.05) is 50.2 Å². The van der Waals surface area contributed by atoms with Crippen LogP contribution in [-0.4, -0.2) is 63.6 Å². The first kappa shape index (κ1) is 18.9. The second kappa shape index (κ2) is 8.30. The average Bonchev–Trinajstić information content (AvgIpc) is 3.29. The van der Waals surface area contributed by atoms with Crippen molar-refractivity contribution in [3.63, 3.8) is 0 Å². The van der Waals surface area contributed by atoms with Gasteiger partial charge in [-0.15, -0.1) is 0 Å². The highest BCUT2D eigenvalue weighted by Gasteiger charge is 2.23. The van der Waals surface area contributed by atoms with E-state index in [1.54, 1.807) is 19.6 Å². The number of piperazine rings is 1. The Hall–Kier alpha value is -3.42. The highest BCUT2D eigenvalue weighted by molar-refractivity contribution is 5.79. The number of aromatic nitrogens is 4. The Labute approximate surface area is 169 Å². The summed E-state index contributed by atoms with van der Waals surface area (Å²) in [6, 6.07) is 9.62. The van der Waals surface area contributed by atoms with Crippen LogP contribution in [0.4, 0.5) is 5.82 Å². The molecule has 0 N–H and O–H groups in total. The van der Waals surface area contributed by atoms with Gasteiger partial charge in [0.05, 0.1) is 13.5 Å². The molecule has 1 fully saturated rings. The average molecular weight is 392 g/mol. The summed E-state index contributed by atoms with van der Waals surface area (Å²) >= 11 is 0. The second-order valence-electron chi connectivity index (χ2n) is 6.96. The number of methoxy groups -OCH3 is 1. The molecular weight excluding hydrogens is 368 g/mol. The monoisotopic (exact) mass is 392 g/mol. The van der Waals surface area contributed by atoms with Gasteiger partial charge in [-0.3, -0.25) is 9.36 Å². The number of carbonyl (C=O) groups is 1. The fourth-order valence-corrected chi connectivity index (χ4v) is 3.53. The van der Waals surface area contributed by atoms with Gasteiger partial charge < -0.3 is 14.5 Å². The molecule has 8 nitrogen and oxygen atoms in total. The van der Waals surface area contributed by atoms with E-state index in [9.17, 15) is 4.79 Å². The summed E-state index contributed by atoms with van der Waals surface area (Å²) in [5.74, 6) is 3.24. The number of amides is 1. The molecule has 0 radical (unpaired) electrons. The van der Waals surface area contributed by atoms with E-state index in [1.165, 1.54) is 0 Å². The molecule has 8 heteroatoms. The normalized spacial score (nSPS) is 14.1. The van der Waals surface area contributed by atoms with Crippen LogP contribution in [0.1, 0.15) is 11.4 Å². The minimum atomic E-state index is 0.118. The zero-order valence-corrected chi connectivity index (χ0v) is 16.7. The van der Waals surface area contributed by atoms with Crippen LogP contribution < -0.4 is 9.64 Å². The van der Waals surface area contributed by atoms with Crippen molar-refractivity contribution in [1.29, 1.82) is 0 Å². The van der Waals surface area contributed by atoms with Crippen LogP contribution in [0.25, 0.3) is 5.82 Å². The Bertz CT molecular complexity index is 981. The predicted molar refractivity (Wildman–Crippen MR) is 109 cm³/mol. The minimum Gasteiger partial charge on any atom is -0.496 e. The summed E-state index contributed by atoms with van der Waals surface area (Å²) < 4.78 is 7.23. The lowest BCUT2D eigenvalue weighted by Gasteiger charge is -2.35. The lowest BCUT2D eigenvalue weighted by Crippen LogP contribution is -2.49. The number of aryl methyl sites for hydroxylation is 1. The number of ether oxygens (including phenoxy) is 1. The molecule has 3 aromatic rings. The molecule has 0 aliphatic carbocycles. The Morgan fingerprint density at radius 1 is 1.10 bits per heavy atom. The van der Waals surface area contributed by atoms with Crippen LogP contribution in [0, 0.1) is 6.92 Å². The van der Waals surface area contributed by atoms with Gasteiger partial charge in [0.1, 0.15) is 29.5 Å². The number of hydrogen-bond donors (Lipinski definition) is 0. The highest BCUT2D eigenvalue weighted by Crippen LogP contribution is 2.20. The van der Waals surface area contributed by atoms with Crippen molar-refractivity contribution in [2.45, 2.75) is 13.3 Å². The van der Waals surface area contributed by atoms with Gasteiger partial charge in [-0.25, -0.2) is 15.0 Å². The number of anilines is 1. The third kappa shape index (κ3) is 4.21. The number of para-hydroxylation sites is 1. The predicted octanol–water partition coefficient (Wildman–Crippen LogP) is 1.87. The maximum Gasteiger partial charge on any atom is 0.227 e. The van der Waals surface area contributed by atoms with E-state index in [4.69, 9.17) is 4.74 Å². The fourth-order valence-electron chi connectivity index (χ4n) is 3.53. The highest BCUT2D eigenvalue weighted by atomic mass is 16.5. The van der Waals surface area contributed by atoms with Crippen molar-refractivity contribution in [3.8, 4) is 11.6 Å². The SMILES string of the molecule is COc1ccccc1CC(=O)N1CCN(c2cc(-n3ccnc3)nc(C)n2)CC1. The van der Waals surface area contributed by atoms with E-state index in [2.05, 4.69) is 19.9 Å². The van der Waals surface area contributed by atoms with E-state index in [-0.39, 0.29) is 5.91 Å². The summed E-state index contributed by atoms with van der Waals surface area (Å²) in [5, 5.41) is 0. The van der Waals surface area contributed by atoms with Gasteiger partial charge in [0.15, 0.2) is 0 Å². The number of carbonyl (C=O) groups excluding carboxylic acids is 1. The smallest absolute Gasteiger partial charge is 0.227 e. The topological polar surface area (TPSA) is 76.4 Å². The van der Waals surface area contributed by atoms with Crippen molar-refractivity contribution in [2.24, 2.45) is 0 Å². The van der Waals surface area contributed by atoms with E-state index in [0.29, 0.717) is 25.3 Å². The van der Waals surface area contributed by atoms with Crippen molar-refractivity contribution in [1.82, 2.24) is 24.4 Å². The molecule has 0 bridgehead atoms. The molecule has 0 atom stereocenters. The number of rotatable bonds is 5. The van der Waals surface area contributed by atoms with E-state index in [1.807, 2.05) is 52.9 Å². The Morgan fingerprint density at radius 3 is 2.59 bits per heavy atom. The van der Waals surface area contributed by atoms with Gasteiger partial charge in [0.25, 0.3) is 0 Å². The number of hydrogen-bond acceptors (Lipinski definition) is 6. The summed E-state index contributed by atoms with van der Waals surface area (Å²) in [7, 11) is 1.63. The Morgan fingerprint density at radius 2 is 1.86 bits per heavy atom. The van der Waals surface area contributed by atoms with Gasteiger partial charge >= 0.3 is 0 Å². The number of imidazole rings is 1. The van der Waals surface area contributed by atoms with Crippen LogP contribution >= 0.6 is 0 Å². The zero-order valence-electron chi connectivity index (χ0n) is 16.7. The molecule has 1 aliphatic heterocycles. The summed E-state index contributed by atoms with van der Waals surface area (Å²) in [6.07, 6.45) is 5.66. The first-order valence-electron chi connectivity index (χ1n) is 9.62. The van der Waals surface area contributed by atoms with E-state index in [0.717, 1.165) is 36.0 Å². The van der Waals surface area contributed by atoms with Crippen LogP contribution in [0.15, 0.2) is 49.1 Å². The second-order valence-corrected chi connectivity index (χ2v) is 6.96. The molecule has 0 unspecified atom stereocenters. The molecule has 4 rings (SSSR count). The quantitative estimate of drug-likeness (QED) is 0.660. The molecular formula is C21H24N6O2. The van der Waals surface area contributed by atoms with Crippen LogP contribution in [-0.2, 0) is 11.2 Å². The summed E-state index contributed by atoms with van der Waals surface area (Å²) in [4.78, 5) is 30.0. The standard InChI is InChI=1S/C21H24N6O2/c1-16-23-19(14-20(24-16)27-8-7-22-15-27)25-9-11-26(12-10-25)21(28)13-17-5-3-4-6-18(17)29-2/h3-8,14-15H,9-13H2,1-2H3. The number of benzene rings is 1. The molecule has 29 heavy (non-hydrogen) atoms. The van der Waals surface area contributed by atoms with Crippen molar-refractivity contribution in [2.75, 3.05) is 38.2 Å². The first-order valence-corrected chi connectivity index (χ1v) is 9.62. The third-order valence-corrected chi connectivity index (χ3v) is 5.07. The molecule has 3 heterocycles. The van der Waals surface area contributed by atoms with Crippen LogP contribution in [0.5, 0.6) is 5.75 Å². The summed E-state index contributed by atoms with van der Waals surface area (Å²) in [6.45, 7) is 4.68. The molecule has 1 aromatic carbocycles. The summed E-state index contributed by atoms with van der Waals surface area (Å²) in [5.41, 5.74) is 0.916. The van der Waals surface area contributed by atoms with Crippen molar-refractivity contribution < 1.29 is 9.53 Å². The fraction of sp³-hybridized carbons (Fsp3) is 0.333. The Kier molecular flexibility index (Phi) is 5.41. The van der Waals surface area contributed by atoms with Crippen molar-refractivity contribution >= 4 is 11.7 Å². The van der Waals surface area contributed by atoms with Crippen LogP contribution in [0.3, 0.4) is 0 Å². The van der Waals surface area contributed by atoms with Crippen molar-refractivity contribution in [3.05, 3.63) is 60.4 Å².